The van der Waals surface area contributed by atoms with Gasteiger partial charge in [-0.25, -0.2) is 0 Å². The first-order chi connectivity index (χ1) is 4.24. The molecule has 0 saturated heterocycles. The van der Waals surface area contributed by atoms with Crippen LogP contribution in [0.15, 0.2) is 11.8 Å². The van der Waals surface area contributed by atoms with Gasteiger partial charge in [-0.1, -0.05) is 0 Å². The van der Waals surface area contributed by atoms with Gasteiger partial charge in [0, 0.05) is 0 Å². The van der Waals surface area contributed by atoms with Gasteiger partial charge in [0.1, 0.15) is 0 Å². The van der Waals surface area contributed by atoms with Gasteiger partial charge in [0.05, 0.1) is 13.2 Å². The lowest BCUT2D eigenvalue weighted by Crippen LogP contribution is -2.22. The van der Waals surface area contributed by atoms with E-state index in [2.05, 4.69) is 4.74 Å². The van der Waals surface area contributed by atoms with Crippen LogP contribution >= 0.6 is 0 Å². The fourth-order valence-corrected chi connectivity index (χ4v) is 0.546. The van der Waals surface area contributed by atoms with Crippen molar-refractivity contribution in [1.82, 2.24) is 5.32 Å². The average Bonchev–Trinajstić information content (AvgIpc) is 2.10. The van der Waals surface area contributed by atoms with Crippen molar-refractivity contribution in [2.24, 2.45) is 0 Å². The van der Waals surface area contributed by atoms with Gasteiger partial charge in [-0.05, 0) is 0 Å². The largest absolute Gasteiger partial charge is 0.491 e. The molecule has 1 N–H and O–H groups in total. The zero-order valence-electron chi connectivity index (χ0n) is 4.80. The molecule has 0 unspecified atom stereocenters. The van der Waals surface area contributed by atoms with Crippen molar-refractivity contribution < 1.29 is 14.3 Å². The molecule has 1 rings (SSSR count). The number of hydrogen-bond acceptors (Lipinski definition) is 3. The van der Waals surface area contributed by atoms with Crippen molar-refractivity contribution >= 4 is 11.8 Å². The van der Waals surface area contributed by atoms with Crippen LogP contribution in [0.3, 0.4) is 0 Å². The molecule has 0 bridgehead atoms. The zero-order chi connectivity index (χ0) is 6.85. The van der Waals surface area contributed by atoms with E-state index in [1.54, 1.807) is 0 Å². The first-order valence-corrected chi connectivity index (χ1v) is 2.35. The molecule has 0 aromatic carbocycles. The standard InChI is InChI=1S/C5H5NO3/c1-9-3-2-4(7)6-5(3)8/h2H,1H3,(H,6,7,8). The van der Waals surface area contributed by atoms with Gasteiger partial charge in [0.2, 0.25) is 0 Å². The Morgan fingerprint density at radius 2 is 2.22 bits per heavy atom. The predicted molar refractivity (Wildman–Crippen MR) is 28.2 cm³/mol. The topological polar surface area (TPSA) is 55.4 Å². The van der Waals surface area contributed by atoms with E-state index in [0.29, 0.717) is 0 Å². The lowest BCUT2D eigenvalue weighted by molar-refractivity contribution is -0.125. The Hall–Kier alpha value is -1.32. The van der Waals surface area contributed by atoms with Gasteiger partial charge in [-0.15, -0.1) is 0 Å². The van der Waals surface area contributed by atoms with Crippen LogP contribution in [-0.2, 0) is 14.3 Å². The fraction of sp³-hybridized carbons (Fsp3) is 0.200. The van der Waals surface area contributed by atoms with Gasteiger partial charge < -0.3 is 4.74 Å². The minimum absolute atomic E-state index is 0.0694. The van der Waals surface area contributed by atoms with E-state index < -0.39 is 11.8 Å². The molecule has 0 radical (unpaired) electrons. The van der Waals surface area contributed by atoms with Crippen molar-refractivity contribution in [2.75, 3.05) is 7.11 Å². The normalized spacial score (nSPS) is 17.2. The summed E-state index contributed by atoms with van der Waals surface area (Å²) in [5.74, 6) is -0.820. The van der Waals surface area contributed by atoms with E-state index in [1.165, 1.54) is 7.11 Å². The third-order valence-corrected chi connectivity index (χ3v) is 0.943. The monoisotopic (exact) mass is 127 g/mol. The quantitative estimate of drug-likeness (QED) is 0.468. The number of methoxy groups -OCH3 is 1. The maximum absolute atomic E-state index is 10.5. The Balaban J connectivity index is 2.80. The maximum atomic E-state index is 10.5. The van der Waals surface area contributed by atoms with Crippen LogP contribution in [0.25, 0.3) is 0 Å². The summed E-state index contributed by atoms with van der Waals surface area (Å²) in [5, 5.41) is 2.02. The summed E-state index contributed by atoms with van der Waals surface area (Å²) in [6, 6.07) is 0. The number of carbonyl (C=O) groups is 2. The van der Waals surface area contributed by atoms with Crippen LogP contribution in [0.5, 0.6) is 0 Å². The molecular formula is C5H5NO3. The van der Waals surface area contributed by atoms with Crippen LogP contribution in [0.1, 0.15) is 0 Å². The van der Waals surface area contributed by atoms with E-state index in [4.69, 9.17) is 0 Å². The van der Waals surface area contributed by atoms with Gasteiger partial charge in [-0.2, -0.15) is 0 Å². The Morgan fingerprint density at radius 3 is 2.44 bits per heavy atom. The second-order valence-corrected chi connectivity index (χ2v) is 1.53. The zero-order valence-corrected chi connectivity index (χ0v) is 4.80. The fourth-order valence-electron chi connectivity index (χ4n) is 0.546. The number of imide groups is 1. The van der Waals surface area contributed by atoms with E-state index in [9.17, 15) is 9.59 Å². The van der Waals surface area contributed by atoms with Crippen molar-refractivity contribution in [3.05, 3.63) is 11.8 Å². The number of rotatable bonds is 1. The van der Waals surface area contributed by atoms with E-state index in [1.807, 2.05) is 5.32 Å². The molecule has 0 spiro atoms. The molecule has 0 aliphatic carbocycles. The smallest absolute Gasteiger partial charge is 0.293 e. The molecule has 4 nitrogen and oxygen atoms in total. The third kappa shape index (κ3) is 0.910. The highest BCUT2D eigenvalue weighted by Crippen LogP contribution is 2.00. The van der Waals surface area contributed by atoms with E-state index in [0.717, 1.165) is 6.08 Å². The van der Waals surface area contributed by atoms with Crippen molar-refractivity contribution in [2.45, 2.75) is 0 Å². The van der Waals surface area contributed by atoms with Crippen molar-refractivity contribution in [3.8, 4) is 0 Å². The number of ether oxygens (including phenoxy) is 1. The highest BCUT2D eigenvalue weighted by molar-refractivity contribution is 6.15. The molecule has 0 aromatic heterocycles. The summed E-state index contributed by atoms with van der Waals surface area (Å²) < 4.78 is 4.52. The summed E-state index contributed by atoms with van der Waals surface area (Å²) in [6.07, 6.45) is 1.11. The Kier molecular flexibility index (Phi) is 1.22. The summed E-state index contributed by atoms with van der Waals surface area (Å²) in [6.45, 7) is 0. The lowest BCUT2D eigenvalue weighted by atomic mass is 10.5. The molecule has 0 atom stereocenters. The predicted octanol–water partition coefficient (Wildman–Crippen LogP) is -0.827. The lowest BCUT2D eigenvalue weighted by Gasteiger charge is -1.92. The minimum Gasteiger partial charge on any atom is -0.491 e. The van der Waals surface area contributed by atoms with E-state index in [-0.39, 0.29) is 5.76 Å². The first-order valence-electron chi connectivity index (χ1n) is 2.35. The second-order valence-electron chi connectivity index (χ2n) is 1.53. The number of nitrogens with one attached hydrogen (secondary N) is 1. The first kappa shape index (κ1) is 5.81. The summed E-state index contributed by atoms with van der Waals surface area (Å²) in [7, 11) is 1.34. The SMILES string of the molecule is COC1=CC(=O)NC1=O. The highest BCUT2D eigenvalue weighted by Gasteiger charge is 2.20. The molecule has 1 heterocycles. The van der Waals surface area contributed by atoms with Gasteiger partial charge >= 0.3 is 0 Å². The molecule has 9 heavy (non-hydrogen) atoms. The van der Waals surface area contributed by atoms with Crippen LogP contribution in [0.2, 0.25) is 0 Å². The molecule has 4 heteroatoms. The minimum atomic E-state index is -0.470. The van der Waals surface area contributed by atoms with Crippen molar-refractivity contribution in [1.29, 1.82) is 0 Å². The molecule has 0 fully saturated rings. The molecule has 1 aliphatic rings. The maximum Gasteiger partial charge on any atom is 0.293 e. The molecule has 0 aromatic rings. The highest BCUT2D eigenvalue weighted by atomic mass is 16.5. The molecule has 0 saturated carbocycles. The van der Waals surface area contributed by atoms with E-state index >= 15 is 0 Å². The number of carbonyl (C=O) groups excluding carboxylic acids is 2. The van der Waals surface area contributed by atoms with Crippen LogP contribution in [0, 0.1) is 0 Å². The summed E-state index contributed by atoms with van der Waals surface area (Å²) in [5.41, 5.74) is 0. The van der Waals surface area contributed by atoms with Crippen LogP contribution < -0.4 is 5.32 Å². The Morgan fingerprint density at radius 1 is 1.56 bits per heavy atom. The Bertz CT molecular complexity index is 194. The molecule has 1 aliphatic heterocycles. The number of amides is 2. The molecule has 2 amide bonds. The van der Waals surface area contributed by atoms with Gasteiger partial charge in [-0.3, -0.25) is 14.9 Å². The van der Waals surface area contributed by atoms with Gasteiger partial charge in [0.15, 0.2) is 5.76 Å². The molecule has 48 valence electrons. The van der Waals surface area contributed by atoms with Crippen LogP contribution in [-0.4, -0.2) is 18.9 Å². The van der Waals surface area contributed by atoms with Crippen LogP contribution in [0.4, 0.5) is 0 Å². The summed E-state index contributed by atoms with van der Waals surface area (Å²) >= 11 is 0. The second kappa shape index (κ2) is 1.89. The third-order valence-electron chi connectivity index (χ3n) is 0.943. The number of hydrogen-bond donors (Lipinski definition) is 1. The van der Waals surface area contributed by atoms with Gasteiger partial charge in [0.25, 0.3) is 11.8 Å². The van der Waals surface area contributed by atoms with Crippen molar-refractivity contribution in [3.63, 3.8) is 0 Å². The Labute approximate surface area is 51.5 Å². The molecular weight excluding hydrogens is 122 g/mol. The average molecular weight is 127 g/mol. The summed E-state index contributed by atoms with van der Waals surface area (Å²) in [4.78, 5) is 20.8.